The van der Waals surface area contributed by atoms with Crippen LogP contribution in [0.25, 0.3) is 0 Å². The van der Waals surface area contributed by atoms with E-state index in [1.807, 2.05) is 13.8 Å². The van der Waals surface area contributed by atoms with Crippen LogP contribution in [0.2, 0.25) is 0 Å². The van der Waals surface area contributed by atoms with Crippen molar-refractivity contribution in [3.05, 3.63) is 41.0 Å². The number of aromatic nitrogens is 2. The summed E-state index contributed by atoms with van der Waals surface area (Å²) in [4.78, 5) is 0. The lowest BCUT2D eigenvalue weighted by Gasteiger charge is -2.12. The first-order chi connectivity index (χ1) is 8.61. The zero-order valence-electron chi connectivity index (χ0n) is 11.5. The highest BCUT2D eigenvalue weighted by Crippen LogP contribution is 2.21. The summed E-state index contributed by atoms with van der Waals surface area (Å²) in [5.74, 6) is 0.902. The molecule has 0 aliphatic carbocycles. The molecule has 0 aliphatic heterocycles. The number of rotatable bonds is 5. The fraction of sp³-hybridized carbons (Fsp3) is 0.500. The van der Waals surface area contributed by atoms with E-state index in [2.05, 4.69) is 47.3 Å². The summed E-state index contributed by atoms with van der Waals surface area (Å²) in [5, 5.41) is 7.50. The Bertz CT molecular complexity index is 493. The standard InChI is InChI=1S/C14H21N3O/c1-5-17-7-6-13(9-17)8-15-10(2)14-11(3)16-18-12(14)4/h6-7,9-10,15H,5,8H2,1-4H3. The summed E-state index contributed by atoms with van der Waals surface area (Å²) < 4.78 is 7.37. The quantitative estimate of drug-likeness (QED) is 0.883. The Balaban J connectivity index is 1.98. The predicted molar refractivity (Wildman–Crippen MR) is 71.3 cm³/mol. The Morgan fingerprint density at radius 2 is 2.22 bits per heavy atom. The molecule has 0 aromatic carbocycles. The summed E-state index contributed by atoms with van der Waals surface area (Å²) in [5.41, 5.74) is 3.44. The molecule has 1 atom stereocenters. The van der Waals surface area contributed by atoms with Crippen LogP contribution < -0.4 is 5.32 Å². The third kappa shape index (κ3) is 2.64. The van der Waals surface area contributed by atoms with Crippen molar-refractivity contribution in [2.45, 2.75) is 46.8 Å². The fourth-order valence-electron chi connectivity index (χ4n) is 2.27. The summed E-state index contributed by atoms with van der Waals surface area (Å²) >= 11 is 0. The van der Waals surface area contributed by atoms with Crippen LogP contribution in [0.5, 0.6) is 0 Å². The predicted octanol–water partition coefficient (Wildman–Crippen LogP) is 2.96. The van der Waals surface area contributed by atoms with Crippen molar-refractivity contribution in [3.63, 3.8) is 0 Å². The topological polar surface area (TPSA) is 43.0 Å². The molecule has 2 heterocycles. The fourth-order valence-corrected chi connectivity index (χ4v) is 2.27. The van der Waals surface area contributed by atoms with Crippen LogP contribution in [0.4, 0.5) is 0 Å². The van der Waals surface area contributed by atoms with Gasteiger partial charge in [-0.15, -0.1) is 0 Å². The smallest absolute Gasteiger partial charge is 0.138 e. The largest absolute Gasteiger partial charge is 0.361 e. The van der Waals surface area contributed by atoms with Gasteiger partial charge in [0.2, 0.25) is 0 Å². The van der Waals surface area contributed by atoms with Crippen LogP contribution in [-0.2, 0) is 13.1 Å². The number of aryl methyl sites for hydroxylation is 3. The van der Waals surface area contributed by atoms with Gasteiger partial charge in [-0.3, -0.25) is 0 Å². The lowest BCUT2D eigenvalue weighted by atomic mass is 10.1. The molecule has 4 nitrogen and oxygen atoms in total. The maximum absolute atomic E-state index is 5.20. The SMILES string of the molecule is CCn1ccc(CNC(C)c2c(C)noc2C)c1. The lowest BCUT2D eigenvalue weighted by Crippen LogP contribution is -2.18. The molecule has 18 heavy (non-hydrogen) atoms. The van der Waals surface area contributed by atoms with Gasteiger partial charge in [-0.25, -0.2) is 0 Å². The van der Waals surface area contributed by atoms with Crippen LogP contribution >= 0.6 is 0 Å². The Hall–Kier alpha value is -1.55. The molecular formula is C14H21N3O. The van der Waals surface area contributed by atoms with Crippen LogP contribution in [0.15, 0.2) is 23.0 Å². The van der Waals surface area contributed by atoms with Crippen molar-refractivity contribution in [1.29, 1.82) is 0 Å². The lowest BCUT2D eigenvalue weighted by molar-refractivity contribution is 0.390. The van der Waals surface area contributed by atoms with Crippen LogP contribution in [0, 0.1) is 13.8 Å². The second-order valence-electron chi connectivity index (χ2n) is 4.69. The molecule has 0 saturated carbocycles. The molecule has 0 bridgehead atoms. The second kappa shape index (κ2) is 5.40. The summed E-state index contributed by atoms with van der Waals surface area (Å²) in [6.45, 7) is 10.1. The minimum atomic E-state index is 0.251. The molecule has 2 rings (SSSR count). The van der Waals surface area contributed by atoms with Crippen molar-refractivity contribution in [2.24, 2.45) is 0 Å². The van der Waals surface area contributed by atoms with Gasteiger partial charge in [0.15, 0.2) is 0 Å². The minimum Gasteiger partial charge on any atom is -0.361 e. The molecule has 1 unspecified atom stereocenters. The van der Waals surface area contributed by atoms with Gasteiger partial charge in [0.1, 0.15) is 5.76 Å². The normalized spacial score (nSPS) is 12.9. The molecule has 4 heteroatoms. The highest BCUT2D eigenvalue weighted by Gasteiger charge is 2.15. The molecule has 1 N–H and O–H groups in total. The van der Waals surface area contributed by atoms with Gasteiger partial charge in [-0.05, 0) is 39.3 Å². The van der Waals surface area contributed by atoms with Crippen molar-refractivity contribution in [1.82, 2.24) is 15.0 Å². The van der Waals surface area contributed by atoms with Gasteiger partial charge in [0.05, 0.1) is 5.69 Å². The first-order valence-electron chi connectivity index (χ1n) is 6.42. The number of nitrogens with zero attached hydrogens (tertiary/aromatic N) is 2. The average molecular weight is 247 g/mol. The highest BCUT2D eigenvalue weighted by molar-refractivity contribution is 5.24. The monoisotopic (exact) mass is 247 g/mol. The third-order valence-corrected chi connectivity index (χ3v) is 3.31. The molecule has 0 spiro atoms. The second-order valence-corrected chi connectivity index (χ2v) is 4.69. The van der Waals surface area contributed by atoms with Crippen molar-refractivity contribution < 1.29 is 4.52 Å². The zero-order chi connectivity index (χ0) is 13.1. The van der Waals surface area contributed by atoms with Crippen LogP contribution in [0.3, 0.4) is 0 Å². The van der Waals surface area contributed by atoms with E-state index in [-0.39, 0.29) is 6.04 Å². The molecule has 0 amide bonds. The first kappa shape index (κ1) is 12.9. The Morgan fingerprint density at radius 1 is 1.44 bits per heavy atom. The van der Waals surface area contributed by atoms with E-state index < -0.39 is 0 Å². The van der Waals surface area contributed by atoms with Crippen molar-refractivity contribution >= 4 is 0 Å². The molecular weight excluding hydrogens is 226 g/mol. The maximum Gasteiger partial charge on any atom is 0.138 e. The molecule has 0 aliphatic rings. The number of nitrogens with one attached hydrogen (secondary N) is 1. The molecule has 0 saturated heterocycles. The van der Waals surface area contributed by atoms with Crippen LogP contribution in [0.1, 0.15) is 42.5 Å². The van der Waals surface area contributed by atoms with Gasteiger partial charge in [-0.1, -0.05) is 5.16 Å². The van der Waals surface area contributed by atoms with Crippen molar-refractivity contribution in [3.8, 4) is 0 Å². The van der Waals surface area contributed by atoms with E-state index in [9.17, 15) is 0 Å². The molecule has 0 fully saturated rings. The van der Waals surface area contributed by atoms with Crippen molar-refractivity contribution in [2.75, 3.05) is 0 Å². The molecule has 0 radical (unpaired) electrons. The zero-order valence-corrected chi connectivity index (χ0v) is 11.5. The van der Waals surface area contributed by atoms with E-state index in [1.54, 1.807) is 0 Å². The average Bonchev–Trinajstić information content (AvgIpc) is 2.93. The first-order valence-corrected chi connectivity index (χ1v) is 6.42. The van der Waals surface area contributed by atoms with Gasteiger partial charge < -0.3 is 14.4 Å². The van der Waals surface area contributed by atoms with Crippen LogP contribution in [-0.4, -0.2) is 9.72 Å². The molecule has 2 aromatic rings. The van der Waals surface area contributed by atoms with E-state index in [0.717, 1.165) is 24.5 Å². The summed E-state index contributed by atoms with van der Waals surface area (Å²) in [6, 6.07) is 2.40. The summed E-state index contributed by atoms with van der Waals surface area (Å²) in [6.07, 6.45) is 4.28. The molecule has 98 valence electrons. The maximum atomic E-state index is 5.20. The number of hydrogen-bond acceptors (Lipinski definition) is 3. The van der Waals surface area contributed by atoms with Gasteiger partial charge in [0, 0.05) is 37.1 Å². The highest BCUT2D eigenvalue weighted by atomic mass is 16.5. The Kier molecular flexibility index (Phi) is 3.87. The van der Waals surface area contributed by atoms with E-state index in [0.29, 0.717) is 0 Å². The van der Waals surface area contributed by atoms with Gasteiger partial charge in [-0.2, -0.15) is 0 Å². The van der Waals surface area contributed by atoms with E-state index in [1.165, 1.54) is 11.1 Å². The third-order valence-electron chi connectivity index (χ3n) is 3.31. The van der Waals surface area contributed by atoms with E-state index in [4.69, 9.17) is 4.52 Å². The summed E-state index contributed by atoms with van der Waals surface area (Å²) in [7, 11) is 0. The molecule has 2 aromatic heterocycles. The van der Waals surface area contributed by atoms with E-state index >= 15 is 0 Å². The van der Waals surface area contributed by atoms with Gasteiger partial charge >= 0.3 is 0 Å². The number of hydrogen-bond donors (Lipinski definition) is 1. The van der Waals surface area contributed by atoms with Gasteiger partial charge in [0.25, 0.3) is 0 Å². The minimum absolute atomic E-state index is 0.251. The Morgan fingerprint density at radius 3 is 2.78 bits per heavy atom. The Labute approximate surface area is 108 Å².